The van der Waals surface area contributed by atoms with Crippen LogP contribution in [-0.4, -0.2) is 34.7 Å². The standard InChI is InChI=1S/C19H22FN3O4/c1-26-18(25)19(11-3-2-4-12-19)22-15(24)9-10-16-21-17(23-27-16)13-5-7-14(20)8-6-13/h5-8H,2-4,9-12H2,1H3,(H,22,24). The minimum atomic E-state index is -0.932. The summed E-state index contributed by atoms with van der Waals surface area (Å²) in [7, 11) is 1.33. The Morgan fingerprint density at radius 3 is 2.59 bits per heavy atom. The average molecular weight is 375 g/mol. The van der Waals surface area contributed by atoms with Gasteiger partial charge in [0.2, 0.25) is 17.6 Å². The topological polar surface area (TPSA) is 94.3 Å². The van der Waals surface area contributed by atoms with Crippen LogP contribution in [0.1, 0.15) is 44.4 Å². The third-order valence-corrected chi connectivity index (χ3v) is 4.80. The lowest BCUT2D eigenvalue weighted by molar-refractivity contribution is -0.152. The van der Waals surface area contributed by atoms with Crippen LogP contribution in [0.25, 0.3) is 11.4 Å². The molecule has 1 amide bonds. The van der Waals surface area contributed by atoms with E-state index in [9.17, 15) is 14.0 Å². The summed E-state index contributed by atoms with van der Waals surface area (Å²) >= 11 is 0. The zero-order chi connectivity index (χ0) is 19.3. The van der Waals surface area contributed by atoms with Crippen molar-refractivity contribution >= 4 is 11.9 Å². The maximum atomic E-state index is 13.0. The minimum absolute atomic E-state index is 0.115. The lowest BCUT2D eigenvalue weighted by Gasteiger charge is -2.35. The van der Waals surface area contributed by atoms with Crippen molar-refractivity contribution in [1.29, 1.82) is 0 Å². The average Bonchev–Trinajstić information content (AvgIpc) is 3.16. The highest BCUT2D eigenvalue weighted by Gasteiger charge is 2.41. The van der Waals surface area contributed by atoms with Gasteiger partial charge >= 0.3 is 5.97 Å². The highest BCUT2D eigenvalue weighted by atomic mass is 19.1. The lowest BCUT2D eigenvalue weighted by Crippen LogP contribution is -2.56. The molecule has 1 aliphatic rings. The van der Waals surface area contributed by atoms with E-state index >= 15 is 0 Å². The van der Waals surface area contributed by atoms with Crippen molar-refractivity contribution in [2.45, 2.75) is 50.5 Å². The maximum Gasteiger partial charge on any atom is 0.331 e. The van der Waals surface area contributed by atoms with Crippen LogP contribution in [0, 0.1) is 5.82 Å². The van der Waals surface area contributed by atoms with Gasteiger partial charge in [0.1, 0.15) is 11.4 Å². The second-order valence-corrected chi connectivity index (χ2v) is 6.70. The summed E-state index contributed by atoms with van der Waals surface area (Å²) in [5, 5.41) is 6.70. The number of carbonyl (C=O) groups is 2. The third kappa shape index (κ3) is 4.50. The van der Waals surface area contributed by atoms with Gasteiger partial charge in [0.25, 0.3) is 0 Å². The molecule has 0 spiro atoms. The fourth-order valence-electron chi connectivity index (χ4n) is 3.35. The van der Waals surface area contributed by atoms with Crippen molar-refractivity contribution in [3.63, 3.8) is 0 Å². The van der Waals surface area contributed by atoms with E-state index in [1.165, 1.54) is 19.2 Å². The van der Waals surface area contributed by atoms with Gasteiger partial charge in [-0.2, -0.15) is 4.98 Å². The number of hydrogen-bond donors (Lipinski definition) is 1. The van der Waals surface area contributed by atoms with E-state index in [4.69, 9.17) is 9.26 Å². The number of benzene rings is 1. The van der Waals surface area contributed by atoms with Crippen LogP contribution >= 0.6 is 0 Å². The van der Waals surface area contributed by atoms with Gasteiger partial charge in [0.05, 0.1) is 7.11 Å². The number of aromatic nitrogens is 2. The van der Waals surface area contributed by atoms with Crippen molar-refractivity contribution in [1.82, 2.24) is 15.5 Å². The molecule has 0 bridgehead atoms. The molecule has 1 aromatic carbocycles. The molecule has 1 aromatic heterocycles. The number of esters is 1. The number of nitrogens with zero attached hydrogens (tertiary/aromatic N) is 2. The first-order valence-electron chi connectivity index (χ1n) is 9.00. The van der Waals surface area contributed by atoms with Crippen molar-refractivity contribution in [3.05, 3.63) is 36.0 Å². The number of carbonyl (C=O) groups excluding carboxylic acids is 2. The van der Waals surface area contributed by atoms with E-state index in [1.54, 1.807) is 12.1 Å². The monoisotopic (exact) mass is 375 g/mol. The Morgan fingerprint density at radius 1 is 1.22 bits per heavy atom. The summed E-state index contributed by atoms with van der Waals surface area (Å²) in [6, 6.07) is 5.74. The summed E-state index contributed by atoms with van der Waals surface area (Å²) in [4.78, 5) is 28.8. The molecule has 1 fully saturated rings. The first-order valence-corrected chi connectivity index (χ1v) is 9.00. The fourth-order valence-corrected chi connectivity index (χ4v) is 3.35. The molecule has 1 N–H and O–H groups in total. The van der Waals surface area contributed by atoms with Gasteiger partial charge in [-0.15, -0.1) is 0 Å². The Hall–Kier alpha value is -2.77. The second kappa shape index (κ2) is 8.28. The molecule has 2 aromatic rings. The minimum Gasteiger partial charge on any atom is -0.467 e. The van der Waals surface area contributed by atoms with Gasteiger partial charge in [-0.1, -0.05) is 24.4 Å². The van der Waals surface area contributed by atoms with E-state index in [0.29, 0.717) is 30.1 Å². The predicted molar refractivity (Wildman–Crippen MR) is 94.0 cm³/mol. The van der Waals surface area contributed by atoms with E-state index in [2.05, 4.69) is 15.5 Å². The normalized spacial score (nSPS) is 15.9. The van der Waals surface area contributed by atoms with Crippen LogP contribution < -0.4 is 5.32 Å². The van der Waals surface area contributed by atoms with Crippen LogP contribution in [0.3, 0.4) is 0 Å². The highest BCUT2D eigenvalue weighted by molar-refractivity contribution is 5.88. The Bertz CT molecular complexity index is 798. The Morgan fingerprint density at radius 2 is 1.93 bits per heavy atom. The molecule has 27 heavy (non-hydrogen) atoms. The molecule has 0 atom stereocenters. The van der Waals surface area contributed by atoms with E-state index in [1.807, 2.05) is 0 Å². The maximum absolute atomic E-state index is 13.0. The van der Waals surface area contributed by atoms with Crippen LogP contribution in [0.15, 0.2) is 28.8 Å². The molecule has 0 saturated heterocycles. The Balaban J connectivity index is 1.59. The molecule has 3 rings (SSSR count). The van der Waals surface area contributed by atoms with E-state index < -0.39 is 11.5 Å². The van der Waals surface area contributed by atoms with Gasteiger partial charge < -0.3 is 14.6 Å². The summed E-state index contributed by atoms with van der Waals surface area (Å²) in [5.41, 5.74) is -0.305. The van der Waals surface area contributed by atoms with Gasteiger partial charge in [-0.3, -0.25) is 4.79 Å². The van der Waals surface area contributed by atoms with E-state index in [-0.39, 0.29) is 24.6 Å². The molecule has 8 heteroatoms. The summed E-state index contributed by atoms with van der Waals surface area (Å²) in [6.45, 7) is 0. The summed E-state index contributed by atoms with van der Waals surface area (Å²) in [6.07, 6.45) is 4.32. The first kappa shape index (κ1) is 19.0. The van der Waals surface area contributed by atoms with Gasteiger partial charge in [-0.25, -0.2) is 9.18 Å². The van der Waals surface area contributed by atoms with Gasteiger partial charge in [0, 0.05) is 18.4 Å². The number of rotatable bonds is 6. The quantitative estimate of drug-likeness (QED) is 0.780. The smallest absolute Gasteiger partial charge is 0.331 e. The Labute approximate surface area is 156 Å². The molecular weight excluding hydrogens is 353 g/mol. The van der Waals surface area contributed by atoms with Crippen LogP contribution in [0.4, 0.5) is 4.39 Å². The second-order valence-electron chi connectivity index (χ2n) is 6.70. The van der Waals surface area contributed by atoms with Crippen molar-refractivity contribution in [3.8, 4) is 11.4 Å². The predicted octanol–water partition coefficient (Wildman–Crippen LogP) is 2.80. The molecule has 0 aliphatic heterocycles. The number of nitrogens with one attached hydrogen (secondary N) is 1. The van der Waals surface area contributed by atoms with Gasteiger partial charge in [-0.05, 0) is 37.1 Å². The molecule has 144 valence electrons. The van der Waals surface area contributed by atoms with Crippen LogP contribution in [0.5, 0.6) is 0 Å². The van der Waals surface area contributed by atoms with Crippen LogP contribution in [-0.2, 0) is 20.7 Å². The van der Waals surface area contributed by atoms with Crippen molar-refractivity contribution < 1.29 is 23.2 Å². The van der Waals surface area contributed by atoms with E-state index in [0.717, 1.165) is 19.3 Å². The zero-order valence-corrected chi connectivity index (χ0v) is 15.2. The number of methoxy groups -OCH3 is 1. The highest BCUT2D eigenvalue weighted by Crippen LogP contribution is 2.29. The molecule has 1 saturated carbocycles. The third-order valence-electron chi connectivity index (χ3n) is 4.80. The first-order chi connectivity index (χ1) is 13.0. The molecule has 7 nitrogen and oxygen atoms in total. The Kier molecular flexibility index (Phi) is 5.83. The molecular formula is C19H22FN3O4. The number of hydrogen-bond acceptors (Lipinski definition) is 6. The SMILES string of the molecule is COC(=O)C1(NC(=O)CCc2nc(-c3ccc(F)cc3)no2)CCCCC1. The number of aryl methyl sites for hydroxylation is 1. The fraction of sp³-hybridized carbons (Fsp3) is 0.474. The number of ether oxygens (including phenoxy) is 1. The number of halogens is 1. The van der Waals surface area contributed by atoms with Gasteiger partial charge in [0.15, 0.2) is 0 Å². The zero-order valence-electron chi connectivity index (χ0n) is 15.2. The summed E-state index contributed by atoms with van der Waals surface area (Å²) < 4.78 is 23.0. The van der Waals surface area contributed by atoms with Crippen LogP contribution in [0.2, 0.25) is 0 Å². The molecule has 1 aliphatic carbocycles. The molecule has 0 unspecified atom stereocenters. The number of amides is 1. The molecule has 0 radical (unpaired) electrons. The summed E-state index contributed by atoms with van der Waals surface area (Å²) in [5.74, 6) is -0.360. The largest absolute Gasteiger partial charge is 0.467 e. The van der Waals surface area contributed by atoms with Crippen molar-refractivity contribution in [2.24, 2.45) is 0 Å². The van der Waals surface area contributed by atoms with Crippen molar-refractivity contribution in [2.75, 3.05) is 7.11 Å². The lowest BCUT2D eigenvalue weighted by atomic mass is 9.81. The molecule has 1 heterocycles.